The molecule has 2 fully saturated rings. The quantitative estimate of drug-likeness (QED) is 0.508. The second kappa shape index (κ2) is 11.0. The molecule has 0 radical (unpaired) electrons. The van der Waals surface area contributed by atoms with Gasteiger partial charge in [-0.3, -0.25) is 9.89 Å². The number of guanidine groups is 1. The third-order valence-electron chi connectivity index (χ3n) is 5.44. The minimum atomic E-state index is 0.487. The summed E-state index contributed by atoms with van der Waals surface area (Å²) >= 11 is 0. The van der Waals surface area contributed by atoms with Crippen molar-refractivity contribution in [2.24, 2.45) is 16.8 Å². The molecule has 0 aromatic heterocycles. The molecule has 6 nitrogen and oxygen atoms in total. The Morgan fingerprint density at radius 1 is 1.16 bits per heavy atom. The van der Waals surface area contributed by atoms with Gasteiger partial charge in [-0.15, -0.1) is 0 Å². The van der Waals surface area contributed by atoms with Gasteiger partial charge in [0.05, 0.1) is 19.8 Å². The molecule has 0 aliphatic carbocycles. The first-order valence-electron chi connectivity index (χ1n) is 10.2. The Balaban J connectivity index is 1.85. The summed E-state index contributed by atoms with van der Waals surface area (Å²) in [4.78, 5) is 9.98. The molecule has 2 unspecified atom stereocenters. The highest BCUT2D eigenvalue weighted by Gasteiger charge is 2.24. The largest absolute Gasteiger partial charge is 0.379 e. The van der Waals surface area contributed by atoms with E-state index in [1.807, 2.05) is 0 Å². The number of ether oxygens (including phenoxy) is 1. The van der Waals surface area contributed by atoms with E-state index in [4.69, 9.17) is 9.73 Å². The topological polar surface area (TPSA) is 52.1 Å². The fourth-order valence-electron chi connectivity index (χ4n) is 3.79. The maximum Gasteiger partial charge on any atom is 0.191 e. The van der Waals surface area contributed by atoms with Crippen molar-refractivity contribution < 1.29 is 4.74 Å². The van der Waals surface area contributed by atoms with E-state index >= 15 is 0 Å². The second-order valence-corrected chi connectivity index (χ2v) is 7.61. The lowest BCUT2D eigenvalue weighted by Crippen LogP contribution is -2.48. The van der Waals surface area contributed by atoms with Gasteiger partial charge in [-0.1, -0.05) is 20.8 Å². The van der Waals surface area contributed by atoms with Crippen LogP contribution in [0.3, 0.4) is 0 Å². The van der Waals surface area contributed by atoms with Gasteiger partial charge in [0.2, 0.25) is 0 Å². The van der Waals surface area contributed by atoms with E-state index in [0.29, 0.717) is 12.0 Å². The molecule has 2 aliphatic heterocycles. The number of morpholine rings is 1. The van der Waals surface area contributed by atoms with E-state index in [9.17, 15) is 0 Å². The van der Waals surface area contributed by atoms with Crippen LogP contribution in [0.2, 0.25) is 0 Å². The first kappa shape index (κ1) is 20.5. The lowest BCUT2D eigenvalue weighted by atomic mass is 10.0. The number of nitrogens with one attached hydrogen (secondary N) is 2. The van der Waals surface area contributed by atoms with Gasteiger partial charge in [0.1, 0.15) is 0 Å². The molecule has 0 aromatic carbocycles. The predicted molar refractivity (Wildman–Crippen MR) is 105 cm³/mol. The van der Waals surface area contributed by atoms with Crippen LogP contribution in [0.25, 0.3) is 0 Å². The lowest BCUT2D eigenvalue weighted by molar-refractivity contribution is 0.00867. The van der Waals surface area contributed by atoms with Gasteiger partial charge < -0.3 is 20.3 Å². The summed E-state index contributed by atoms with van der Waals surface area (Å²) in [7, 11) is 0. The van der Waals surface area contributed by atoms with Crippen LogP contribution < -0.4 is 10.6 Å². The van der Waals surface area contributed by atoms with Crippen LogP contribution >= 0.6 is 0 Å². The summed E-state index contributed by atoms with van der Waals surface area (Å²) in [6.45, 7) is 19.1. The first-order chi connectivity index (χ1) is 12.1. The van der Waals surface area contributed by atoms with Gasteiger partial charge in [0, 0.05) is 38.8 Å². The van der Waals surface area contributed by atoms with Crippen LogP contribution in [0.1, 0.15) is 34.1 Å². The molecule has 0 saturated carbocycles. The van der Waals surface area contributed by atoms with Crippen LogP contribution in [0.4, 0.5) is 0 Å². The van der Waals surface area contributed by atoms with Crippen LogP contribution in [0, 0.1) is 11.8 Å². The van der Waals surface area contributed by atoms with Gasteiger partial charge in [0.15, 0.2) is 5.96 Å². The standard InChI is InChI=1S/C19H39N5O/c1-5-20-19(21-13-17-7-8-23(6-2)15-17)22-14-18(16(3)4)24-9-11-25-12-10-24/h16-18H,5-15H2,1-4H3,(H2,20,21,22). The second-order valence-electron chi connectivity index (χ2n) is 7.61. The van der Waals surface area contributed by atoms with Crippen LogP contribution in [0.5, 0.6) is 0 Å². The lowest BCUT2D eigenvalue weighted by Gasteiger charge is -2.36. The number of hydrogen-bond donors (Lipinski definition) is 2. The van der Waals surface area contributed by atoms with Gasteiger partial charge in [-0.25, -0.2) is 0 Å². The molecule has 2 aliphatic rings. The zero-order valence-corrected chi connectivity index (χ0v) is 16.8. The average molecular weight is 354 g/mol. The molecular weight excluding hydrogens is 314 g/mol. The average Bonchev–Trinajstić information content (AvgIpc) is 3.08. The van der Waals surface area contributed by atoms with Crippen molar-refractivity contribution in [2.75, 3.05) is 65.6 Å². The molecular formula is C19H39N5O. The Kier molecular flexibility index (Phi) is 8.99. The maximum atomic E-state index is 5.50. The Hall–Kier alpha value is -0.850. The molecule has 0 amide bonds. The van der Waals surface area contributed by atoms with Gasteiger partial charge in [0.25, 0.3) is 0 Å². The van der Waals surface area contributed by atoms with Crippen molar-refractivity contribution in [3.63, 3.8) is 0 Å². The third-order valence-corrected chi connectivity index (χ3v) is 5.44. The molecule has 0 spiro atoms. The summed E-state index contributed by atoms with van der Waals surface area (Å²) in [6.07, 6.45) is 1.29. The minimum Gasteiger partial charge on any atom is -0.379 e. The number of nitrogens with zero attached hydrogens (tertiary/aromatic N) is 3. The Morgan fingerprint density at radius 2 is 1.92 bits per heavy atom. The SMILES string of the molecule is CCNC(=NCC(C(C)C)N1CCOCC1)NCC1CCN(CC)C1. The Bertz CT molecular complexity index is 395. The highest BCUT2D eigenvalue weighted by molar-refractivity contribution is 5.79. The molecule has 2 N–H and O–H groups in total. The van der Waals surface area contributed by atoms with Crippen molar-refractivity contribution in [3.05, 3.63) is 0 Å². The third kappa shape index (κ3) is 6.76. The van der Waals surface area contributed by atoms with Gasteiger partial charge in [-0.05, 0) is 38.3 Å². The molecule has 2 saturated heterocycles. The molecule has 2 rings (SSSR count). The van der Waals surface area contributed by atoms with Crippen LogP contribution in [-0.2, 0) is 4.74 Å². The zero-order chi connectivity index (χ0) is 18.1. The number of likely N-dealkylation sites (tertiary alicyclic amines) is 1. The van der Waals surface area contributed by atoms with Gasteiger partial charge in [-0.2, -0.15) is 0 Å². The molecule has 0 bridgehead atoms. The highest BCUT2D eigenvalue weighted by atomic mass is 16.5. The smallest absolute Gasteiger partial charge is 0.191 e. The van der Waals surface area contributed by atoms with E-state index in [1.54, 1.807) is 0 Å². The molecule has 6 heteroatoms. The van der Waals surface area contributed by atoms with Crippen LogP contribution in [-0.4, -0.2) is 87.4 Å². The monoisotopic (exact) mass is 353 g/mol. The number of hydrogen-bond acceptors (Lipinski definition) is 4. The summed E-state index contributed by atoms with van der Waals surface area (Å²) < 4.78 is 5.50. The van der Waals surface area contributed by atoms with E-state index in [1.165, 1.54) is 26.1 Å². The first-order valence-corrected chi connectivity index (χ1v) is 10.2. The van der Waals surface area contributed by atoms with E-state index < -0.39 is 0 Å². The fourth-order valence-corrected chi connectivity index (χ4v) is 3.79. The van der Waals surface area contributed by atoms with Crippen molar-refractivity contribution >= 4 is 5.96 Å². The van der Waals surface area contributed by atoms with Crippen molar-refractivity contribution in [1.29, 1.82) is 0 Å². The fraction of sp³-hybridized carbons (Fsp3) is 0.947. The predicted octanol–water partition coefficient (Wildman–Crippen LogP) is 1.24. The van der Waals surface area contributed by atoms with E-state index in [2.05, 4.69) is 48.1 Å². The van der Waals surface area contributed by atoms with Crippen molar-refractivity contribution in [1.82, 2.24) is 20.4 Å². The number of aliphatic imine (C=N–C) groups is 1. The molecule has 0 aromatic rings. The summed E-state index contributed by atoms with van der Waals surface area (Å²) in [6, 6.07) is 0.487. The molecule has 2 atom stereocenters. The Labute approximate surface area is 154 Å². The normalized spacial score (nSPS) is 24.7. The molecule has 25 heavy (non-hydrogen) atoms. The summed E-state index contributed by atoms with van der Waals surface area (Å²) in [5.41, 5.74) is 0. The zero-order valence-electron chi connectivity index (χ0n) is 16.8. The van der Waals surface area contributed by atoms with E-state index in [0.717, 1.165) is 57.8 Å². The maximum absolute atomic E-state index is 5.50. The Morgan fingerprint density at radius 3 is 2.52 bits per heavy atom. The van der Waals surface area contributed by atoms with Crippen molar-refractivity contribution in [3.8, 4) is 0 Å². The molecule has 146 valence electrons. The van der Waals surface area contributed by atoms with E-state index in [-0.39, 0.29) is 0 Å². The summed E-state index contributed by atoms with van der Waals surface area (Å²) in [5.74, 6) is 2.30. The highest BCUT2D eigenvalue weighted by Crippen LogP contribution is 2.15. The minimum absolute atomic E-state index is 0.487. The van der Waals surface area contributed by atoms with Crippen LogP contribution in [0.15, 0.2) is 4.99 Å². The van der Waals surface area contributed by atoms with Gasteiger partial charge >= 0.3 is 0 Å². The number of rotatable bonds is 8. The van der Waals surface area contributed by atoms with Crippen molar-refractivity contribution in [2.45, 2.75) is 40.2 Å². The molecule has 2 heterocycles. The summed E-state index contributed by atoms with van der Waals surface area (Å²) in [5, 5.41) is 6.98.